The number of aliphatic hydroxyl groups excluding tert-OH is 4. The van der Waals surface area contributed by atoms with Crippen LogP contribution < -0.4 is 0 Å². The number of benzene rings is 1. The highest BCUT2D eigenvalue weighted by molar-refractivity contribution is 5.14. The van der Waals surface area contributed by atoms with Crippen molar-refractivity contribution >= 4 is 0 Å². The van der Waals surface area contributed by atoms with Crippen molar-refractivity contribution in [1.29, 1.82) is 0 Å². The number of hydrogen-bond acceptors (Lipinski definition) is 6. The van der Waals surface area contributed by atoms with Gasteiger partial charge < -0.3 is 25.2 Å². The molecule has 0 unspecified atom stereocenters. The van der Waals surface area contributed by atoms with Crippen molar-refractivity contribution in [2.45, 2.75) is 37.6 Å². The van der Waals surface area contributed by atoms with Gasteiger partial charge in [-0.15, -0.1) is 0 Å². The Bertz CT molecular complexity index is 417. The second kappa shape index (κ2) is 12.4. The number of ether oxygens (including phenoxy) is 1. The molecule has 0 amide bonds. The first-order chi connectivity index (χ1) is 11.6. The summed E-state index contributed by atoms with van der Waals surface area (Å²) in [5, 5.41) is 38.0. The molecule has 1 aromatic rings. The van der Waals surface area contributed by atoms with Crippen LogP contribution in [-0.4, -0.2) is 83.6 Å². The maximum absolute atomic E-state index is 10.1. The van der Waals surface area contributed by atoms with E-state index in [4.69, 9.17) is 9.84 Å². The Balaban J connectivity index is 2.39. The standard InChI is InChI=1S/C18H31NO5/c1-24-11-10-19(9-5-8-15-6-3-2-4-7-15)13-16(21)12-17(22)18(23)14-20/h2-4,6-7,16-18,20-23H,5,8-14H2,1H3/t16-,17+,18+/m1/s1. The van der Waals surface area contributed by atoms with Crippen molar-refractivity contribution in [2.75, 3.05) is 40.0 Å². The first-order valence-corrected chi connectivity index (χ1v) is 8.47. The maximum atomic E-state index is 10.1. The van der Waals surface area contributed by atoms with Crippen LogP contribution >= 0.6 is 0 Å². The van der Waals surface area contributed by atoms with Gasteiger partial charge >= 0.3 is 0 Å². The minimum Gasteiger partial charge on any atom is -0.394 e. The Morgan fingerprint density at radius 2 is 1.75 bits per heavy atom. The van der Waals surface area contributed by atoms with Crippen molar-refractivity contribution in [1.82, 2.24) is 4.90 Å². The van der Waals surface area contributed by atoms with Crippen LogP contribution in [0.25, 0.3) is 0 Å². The van der Waals surface area contributed by atoms with E-state index >= 15 is 0 Å². The zero-order valence-electron chi connectivity index (χ0n) is 14.4. The topological polar surface area (TPSA) is 93.4 Å². The van der Waals surface area contributed by atoms with Gasteiger partial charge in [0.1, 0.15) is 6.10 Å². The number of rotatable bonds is 13. The van der Waals surface area contributed by atoms with E-state index in [1.807, 2.05) is 18.2 Å². The summed E-state index contributed by atoms with van der Waals surface area (Å²) >= 11 is 0. The van der Waals surface area contributed by atoms with E-state index in [-0.39, 0.29) is 6.42 Å². The Hall–Kier alpha value is -1.02. The molecule has 0 aliphatic rings. The van der Waals surface area contributed by atoms with E-state index in [2.05, 4.69) is 17.0 Å². The first kappa shape index (κ1) is 21.0. The zero-order chi connectivity index (χ0) is 17.8. The van der Waals surface area contributed by atoms with Gasteiger partial charge in [0.25, 0.3) is 0 Å². The highest BCUT2D eigenvalue weighted by Crippen LogP contribution is 2.08. The normalized spacial score (nSPS) is 15.4. The molecule has 0 bridgehead atoms. The summed E-state index contributed by atoms with van der Waals surface area (Å²) in [5.41, 5.74) is 1.28. The summed E-state index contributed by atoms with van der Waals surface area (Å²) in [7, 11) is 1.64. The summed E-state index contributed by atoms with van der Waals surface area (Å²) in [5.74, 6) is 0. The fourth-order valence-electron chi connectivity index (χ4n) is 2.60. The highest BCUT2D eigenvalue weighted by atomic mass is 16.5. The van der Waals surface area contributed by atoms with Crippen LogP contribution in [-0.2, 0) is 11.2 Å². The average molecular weight is 341 g/mol. The fraction of sp³-hybridized carbons (Fsp3) is 0.667. The van der Waals surface area contributed by atoms with E-state index in [0.717, 1.165) is 19.4 Å². The summed E-state index contributed by atoms with van der Waals surface area (Å²) in [6.07, 6.45) is -1.16. The largest absolute Gasteiger partial charge is 0.394 e. The van der Waals surface area contributed by atoms with Crippen molar-refractivity contribution in [2.24, 2.45) is 0 Å². The van der Waals surface area contributed by atoms with Gasteiger partial charge in [0.05, 0.1) is 25.4 Å². The van der Waals surface area contributed by atoms with Gasteiger partial charge in [0.2, 0.25) is 0 Å². The van der Waals surface area contributed by atoms with E-state index in [0.29, 0.717) is 19.7 Å². The van der Waals surface area contributed by atoms with Gasteiger partial charge in [0.15, 0.2) is 0 Å². The molecule has 0 saturated heterocycles. The van der Waals surface area contributed by atoms with Gasteiger partial charge in [-0.1, -0.05) is 30.3 Å². The average Bonchev–Trinajstić information content (AvgIpc) is 2.59. The predicted octanol–water partition coefficient (Wildman–Crippen LogP) is 0.0327. The maximum Gasteiger partial charge on any atom is 0.103 e. The lowest BCUT2D eigenvalue weighted by molar-refractivity contribution is -0.0411. The van der Waals surface area contributed by atoms with Gasteiger partial charge in [-0.2, -0.15) is 0 Å². The summed E-state index contributed by atoms with van der Waals surface area (Å²) in [6, 6.07) is 10.2. The summed E-state index contributed by atoms with van der Waals surface area (Å²) in [6.45, 7) is 1.96. The molecule has 0 aromatic heterocycles. The lowest BCUT2D eigenvalue weighted by Gasteiger charge is -2.26. The lowest BCUT2D eigenvalue weighted by Crippen LogP contribution is -2.40. The molecule has 6 nitrogen and oxygen atoms in total. The molecule has 0 heterocycles. The van der Waals surface area contributed by atoms with Gasteiger partial charge in [-0.05, 0) is 24.9 Å². The summed E-state index contributed by atoms with van der Waals surface area (Å²) < 4.78 is 5.11. The minimum absolute atomic E-state index is 0.0316. The Kier molecular flexibility index (Phi) is 10.8. The molecule has 0 spiro atoms. The van der Waals surface area contributed by atoms with Crippen LogP contribution in [0, 0.1) is 0 Å². The van der Waals surface area contributed by atoms with Crippen molar-refractivity contribution in [3.63, 3.8) is 0 Å². The Labute approximate surface area is 144 Å². The lowest BCUT2D eigenvalue weighted by atomic mass is 10.1. The third kappa shape index (κ3) is 8.73. The molecule has 3 atom stereocenters. The molecule has 0 aliphatic heterocycles. The quantitative estimate of drug-likeness (QED) is 0.405. The molecule has 0 radical (unpaired) electrons. The third-order valence-corrected chi connectivity index (χ3v) is 4.01. The van der Waals surface area contributed by atoms with Crippen LogP contribution in [0.2, 0.25) is 0 Å². The highest BCUT2D eigenvalue weighted by Gasteiger charge is 2.21. The van der Waals surface area contributed by atoms with Crippen LogP contribution in [0.5, 0.6) is 0 Å². The molecule has 4 N–H and O–H groups in total. The summed E-state index contributed by atoms with van der Waals surface area (Å²) in [4.78, 5) is 2.09. The number of aliphatic hydroxyl groups is 4. The third-order valence-electron chi connectivity index (χ3n) is 4.01. The van der Waals surface area contributed by atoms with Crippen LogP contribution in [0.1, 0.15) is 18.4 Å². The Morgan fingerprint density at radius 1 is 1.04 bits per heavy atom. The van der Waals surface area contributed by atoms with Crippen LogP contribution in [0.4, 0.5) is 0 Å². The smallest absolute Gasteiger partial charge is 0.103 e. The van der Waals surface area contributed by atoms with Crippen LogP contribution in [0.15, 0.2) is 30.3 Å². The number of hydrogen-bond donors (Lipinski definition) is 4. The van der Waals surface area contributed by atoms with Crippen molar-refractivity contribution < 1.29 is 25.2 Å². The second-order valence-electron chi connectivity index (χ2n) is 6.09. The Morgan fingerprint density at radius 3 is 2.38 bits per heavy atom. The van der Waals surface area contributed by atoms with E-state index in [1.165, 1.54) is 5.56 Å². The second-order valence-corrected chi connectivity index (χ2v) is 6.09. The predicted molar refractivity (Wildman–Crippen MR) is 92.8 cm³/mol. The van der Waals surface area contributed by atoms with Crippen molar-refractivity contribution in [3.8, 4) is 0 Å². The number of nitrogens with zero attached hydrogens (tertiary/aromatic N) is 1. The molecule has 0 saturated carbocycles. The van der Waals surface area contributed by atoms with E-state index in [9.17, 15) is 15.3 Å². The fourth-order valence-corrected chi connectivity index (χ4v) is 2.60. The molecule has 6 heteroatoms. The molecular weight excluding hydrogens is 310 g/mol. The zero-order valence-corrected chi connectivity index (χ0v) is 14.4. The molecule has 0 aliphatic carbocycles. The van der Waals surface area contributed by atoms with E-state index < -0.39 is 24.9 Å². The minimum atomic E-state index is -1.22. The number of methoxy groups -OCH3 is 1. The van der Waals surface area contributed by atoms with Gasteiger partial charge in [-0.3, -0.25) is 4.90 Å². The molecule has 24 heavy (non-hydrogen) atoms. The molecule has 1 aromatic carbocycles. The van der Waals surface area contributed by atoms with Crippen molar-refractivity contribution in [3.05, 3.63) is 35.9 Å². The molecule has 1 rings (SSSR count). The van der Waals surface area contributed by atoms with Crippen LogP contribution in [0.3, 0.4) is 0 Å². The number of aryl methyl sites for hydroxylation is 1. The molecular formula is C18H31NO5. The monoisotopic (exact) mass is 341 g/mol. The SMILES string of the molecule is COCCN(CCCc1ccccc1)C[C@H](O)C[C@H](O)[C@@H](O)CO. The van der Waals surface area contributed by atoms with Gasteiger partial charge in [0, 0.05) is 26.6 Å². The van der Waals surface area contributed by atoms with Gasteiger partial charge in [-0.25, -0.2) is 0 Å². The molecule has 138 valence electrons. The van der Waals surface area contributed by atoms with E-state index in [1.54, 1.807) is 7.11 Å². The molecule has 0 fully saturated rings. The first-order valence-electron chi connectivity index (χ1n) is 8.47.